The smallest absolute Gasteiger partial charge is 0.229 e. The third kappa shape index (κ3) is 5.34. The first-order chi connectivity index (χ1) is 14.8. The molecule has 0 aromatic heterocycles. The molecule has 0 amide bonds. The zero-order valence-electron chi connectivity index (χ0n) is 17.0. The summed E-state index contributed by atoms with van der Waals surface area (Å²) in [4.78, 5) is -0.452. The van der Waals surface area contributed by atoms with Gasteiger partial charge in [-0.25, -0.2) is 38.8 Å². The molecule has 0 unspecified atom stereocenters. The lowest BCUT2D eigenvalue weighted by molar-refractivity contribution is 0.236. The van der Waals surface area contributed by atoms with Crippen molar-refractivity contribution in [3.8, 4) is 0 Å². The van der Waals surface area contributed by atoms with Crippen molar-refractivity contribution in [3.63, 3.8) is 0 Å². The first-order valence-electron chi connectivity index (χ1n) is 9.49. The summed E-state index contributed by atoms with van der Waals surface area (Å²) >= 11 is 0. The fraction of sp³-hybridized carbons (Fsp3) is 0.368. The van der Waals surface area contributed by atoms with E-state index in [1.54, 1.807) is 0 Å². The minimum absolute atomic E-state index is 0.0282. The molecular weight excluding hydrogens is 486 g/mol. The summed E-state index contributed by atoms with van der Waals surface area (Å²) < 4.78 is 105. The minimum Gasteiger partial charge on any atom is -0.229 e. The third-order valence-electron chi connectivity index (χ3n) is 5.22. The molecule has 1 N–H and O–H groups in total. The number of rotatable bonds is 8. The van der Waals surface area contributed by atoms with Gasteiger partial charge in [0.1, 0.15) is 11.6 Å². The highest BCUT2D eigenvalue weighted by Gasteiger charge is 2.47. The highest BCUT2D eigenvalue weighted by atomic mass is 32.2. The molecular formula is C19H22F2N2O6S3. The second kappa shape index (κ2) is 8.78. The Morgan fingerprint density at radius 2 is 1.44 bits per heavy atom. The van der Waals surface area contributed by atoms with Crippen LogP contribution in [0.2, 0.25) is 0 Å². The van der Waals surface area contributed by atoms with Crippen LogP contribution in [0.3, 0.4) is 0 Å². The quantitative estimate of drug-likeness (QED) is 0.578. The maximum Gasteiger partial charge on any atom is 0.243 e. The number of halogens is 2. The molecule has 1 aliphatic rings. The van der Waals surface area contributed by atoms with Crippen molar-refractivity contribution < 1.29 is 34.0 Å². The Hall–Kier alpha value is -1.93. The number of nitrogens with zero attached hydrogens (tertiary/aromatic N) is 1. The molecule has 1 saturated heterocycles. The average molecular weight is 509 g/mol. The van der Waals surface area contributed by atoms with E-state index in [0.29, 0.717) is 0 Å². The van der Waals surface area contributed by atoms with Gasteiger partial charge < -0.3 is 0 Å². The third-order valence-corrected chi connectivity index (χ3v) is 10.7. The second-order valence-corrected chi connectivity index (χ2v) is 13.5. The summed E-state index contributed by atoms with van der Waals surface area (Å²) in [5, 5.41) is 0. The van der Waals surface area contributed by atoms with Crippen LogP contribution in [-0.4, -0.2) is 59.7 Å². The Labute approximate surface area is 186 Å². The molecule has 1 fully saturated rings. The van der Waals surface area contributed by atoms with Crippen molar-refractivity contribution in [2.24, 2.45) is 0 Å². The lowest BCUT2D eigenvalue weighted by atomic mass is 10.0. The van der Waals surface area contributed by atoms with E-state index >= 15 is 0 Å². The minimum atomic E-state index is -4.28. The van der Waals surface area contributed by atoms with Gasteiger partial charge in [0.2, 0.25) is 20.0 Å². The summed E-state index contributed by atoms with van der Waals surface area (Å²) in [5.41, 5.74) is -1.31. The van der Waals surface area contributed by atoms with Crippen LogP contribution in [0, 0.1) is 11.6 Å². The van der Waals surface area contributed by atoms with Crippen LogP contribution < -0.4 is 4.72 Å². The number of hydrogen-bond acceptors (Lipinski definition) is 6. The van der Waals surface area contributed by atoms with Crippen LogP contribution in [-0.2, 0) is 29.9 Å². The predicted octanol–water partition coefficient (Wildman–Crippen LogP) is 1.51. The standard InChI is InChI=1S/C19H22F2N2O6S3/c1-19(10-13-30(24,25)14-19)23(32(28,29)18-8-4-16(21)5-9-18)12-11-22-31(26,27)17-6-2-15(20)3-7-17/h2-9,22H,10-14H2,1H3/t19-/m1/s1. The zero-order valence-corrected chi connectivity index (χ0v) is 19.5. The molecule has 32 heavy (non-hydrogen) atoms. The predicted molar refractivity (Wildman–Crippen MR) is 114 cm³/mol. The van der Waals surface area contributed by atoms with Crippen LogP contribution in [0.25, 0.3) is 0 Å². The summed E-state index contributed by atoms with van der Waals surface area (Å²) in [5.74, 6) is -1.89. The van der Waals surface area contributed by atoms with Gasteiger partial charge in [-0.2, -0.15) is 4.31 Å². The fourth-order valence-electron chi connectivity index (χ4n) is 3.58. The normalized spacial score (nSPS) is 21.1. The topological polar surface area (TPSA) is 118 Å². The monoisotopic (exact) mass is 508 g/mol. The van der Waals surface area contributed by atoms with E-state index in [2.05, 4.69) is 4.72 Å². The van der Waals surface area contributed by atoms with Gasteiger partial charge in [-0.15, -0.1) is 0 Å². The zero-order chi connectivity index (χ0) is 23.8. The van der Waals surface area contributed by atoms with Crippen LogP contribution in [0.5, 0.6) is 0 Å². The molecule has 13 heteroatoms. The van der Waals surface area contributed by atoms with E-state index in [1.807, 2.05) is 0 Å². The van der Waals surface area contributed by atoms with Gasteiger partial charge in [0.05, 0.1) is 21.3 Å². The summed E-state index contributed by atoms with van der Waals surface area (Å²) in [6.45, 7) is 0.745. The number of hydrogen-bond donors (Lipinski definition) is 1. The van der Waals surface area contributed by atoms with Gasteiger partial charge in [0.15, 0.2) is 9.84 Å². The highest BCUT2D eigenvalue weighted by molar-refractivity contribution is 7.92. The maximum atomic E-state index is 13.3. The molecule has 1 heterocycles. The molecule has 2 aromatic carbocycles. The molecule has 0 spiro atoms. The molecule has 0 aliphatic carbocycles. The van der Waals surface area contributed by atoms with Gasteiger partial charge in [0.25, 0.3) is 0 Å². The van der Waals surface area contributed by atoms with Crippen LogP contribution in [0.15, 0.2) is 58.3 Å². The summed E-state index contributed by atoms with van der Waals surface area (Å²) in [6.07, 6.45) is 0.0282. The largest absolute Gasteiger partial charge is 0.243 e. The fourth-order valence-corrected chi connectivity index (χ4v) is 8.63. The lowest BCUT2D eigenvalue weighted by Gasteiger charge is -2.36. The van der Waals surface area contributed by atoms with Crippen molar-refractivity contribution in [1.29, 1.82) is 0 Å². The Bertz CT molecular complexity index is 1300. The van der Waals surface area contributed by atoms with Gasteiger partial charge in [-0.1, -0.05) is 0 Å². The Morgan fingerprint density at radius 3 is 1.91 bits per heavy atom. The number of benzene rings is 2. The summed E-state index contributed by atoms with van der Waals surface area (Å²) in [6, 6.07) is 8.14. The van der Waals surface area contributed by atoms with Crippen molar-refractivity contribution in [2.45, 2.75) is 28.7 Å². The first-order valence-corrected chi connectivity index (χ1v) is 14.2. The number of nitrogens with one attached hydrogen (secondary N) is 1. The van der Waals surface area contributed by atoms with Crippen molar-refractivity contribution >= 4 is 29.9 Å². The van der Waals surface area contributed by atoms with E-state index in [0.717, 1.165) is 52.8 Å². The SMILES string of the molecule is C[C@@]1(N(CCNS(=O)(=O)c2ccc(F)cc2)S(=O)(=O)c2ccc(F)cc2)CCS(=O)(=O)C1. The maximum absolute atomic E-state index is 13.3. The number of sulfonamides is 2. The van der Waals surface area contributed by atoms with E-state index in [9.17, 15) is 34.0 Å². The van der Waals surface area contributed by atoms with E-state index in [1.165, 1.54) is 6.92 Å². The Kier molecular flexibility index (Phi) is 6.78. The van der Waals surface area contributed by atoms with Crippen LogP contribution in [0.4, 0.5) is 8.78 Å². The van der Waals surface area contributed by atoms with Gasteiger partial charge >= 0.3 is 0 Å². The van der Waals surface area contributed by atoms with Crippen molar-refractivity contribution in [3.05, 3.63) is 60.2 Å². The average Bonchev–Trinajstić information content (AvgIpc) is 2.99. The van der Waals surface area contributed by atoms with E-state index in [-0.39, 0.29) is 35.1 Å². The Morgan fingerprint density at radius 1 is 0.938 bits per heavy atom. The molecule has 1 atom stereocenters. The molecule has 0 saturated carbocycles. The molecule has 0 radical (unpaired) electrons. The molecule has 8 nitrogen and oxygen atoms in total. The van der Waals surface area contributed by atoms with Crippen LogP contribution >= 0.6 is 0 Å². The first kappa shape index (κ1) is 24.7. The molecule has 0 bridgehead atoms. The number of sulfone groups is 1. The van der Waals surface area contributed by atoms with Crippen LogP contribution in [0.1, 0.15) is 13.3 Å². The van der Waals surface area contributed by atoms with Gasteiger partial charge in [-0.05, 0) is 61.9 Å². The molecule has 2 aromatic rings. The molecule has 1 aliphatic heterocycles. The summed E-state index contributed by atoms with van der Waals surface area (Å²) in [7, 11) is -11.8. The van der Waals surface area contributed by atoms with Gasteiger partial charge in [-0.3, -0.25) is 0 Å². The van der Waals surface area contributed by atoms with Gasteiger partial charge in [0, 0.05) is 18.6 Å². The molecule has 176 valence electrons. The molecule has 3 rings (SSSR count). The highest BCUT2D eigenvalue weighted by Crippen LogP contribution is 2.34. The van der Waals surface area contributed by atoms with Crippen molar-refractivity contribution in [1.82, 2.24) is 9.03 Å². The van der Waals surface area contributed by atoms with Crippen molar-refractivity contribution in [2.75, 3.05) is 24.6 Å². The lowest BCUT2D eigenvalue weighted by Crippen LogP contribution is -2.53. The van der Waals surface area contributed by atoms with E-state index in [4.69, 9.17) is 0 Å². The Balaban J connectivity index is 1.88. The second-order valence-electron chi connectivity index (χ2n) is 7.72. The van der Waals surface area contributed by atoms with E-state index < -0.39 is 52.8 Å².